The third-order valence-electron chi connectivity index (χ3n) is 1.74. The zero-order chi connectivity index (χ0) is 9.84. The lowest BCUT2D eigenvalue weighted by atomic mass is 10.0. The van der Waals surface area contributed by atoms with Gasteiger partial charge in [0, 0.05) is 6.92 Å². The molecule has 4 heteroatoms. The number of oxazole rings is 1. The van der Waals surface area contributed by atoms with Crippen molar-refractivity contribution in [2.75, 3.05) is 0 Å². The number of hydrogen-bond acceptors (Lipinski definition) is 3. The highest BCUT2D eigenvalue weighted by Gasteiger charge is 2.20. The Hall–Kier alpha value is -1.32. The van der Waals surface area contributed by atoms with Gasteiger partial charge in [0.05, 0.1) is 6.20 Å². The molecule has 72 valence electrons. The van der Waals surface area contributed by atoms with Crippen LogP contribution in [0.5, 0.6) is 0 Å². The smallest absolute Gasteiger partial charge is 0.217 e. The fraction of sp³-hybridized carbons (Fsp3) is 0.556. The Morgan fingerprint density at radius 3 is 2.69 bits per heavy atom. The summed E-state index contributed by atoms with van der Waals surface area (Å²) in [4.78, 5) is 14.9. The number of amides is 1. The van der Waals surface area contributed by atoms with Crippen molar-refractivity contribution in [1.29, 1.82) is 0 Å². The number of carbonyl (C=O) groups excluding carboxylic acids is 1. The van der Waals surface area contributed by atoms with Crippen molar-refractivity contribution in [2.45, 2.75) is 26.8 Å². The summed E-state index contributed by atoms with van der Waals surface area (Å²) in [6, 6.07) is -0.132. The Bertz CT molecular complexity index is 267. The van der Waals surface area contributed by atoms with Gasteiger partial charge in [-0.15, -0.1) is 0 Å². The van der Waals surface area contributed by atoms with E-state index in [4.69, 9.17) is 4.42 Å². The van der Waals surface area contributed by atoms with E-state index in [1.54, 1.807) is 6.20 Å². The van der Waals surface area contributed by atoms with Crippen LogP contribution in [0, 0.1) is 5.92 Å². The maximum atomic E-state index is 10.9. The molecule has 1 amide bonds. The van der Waals surface area contributed by atoms with Crippen LogP contribution in [0.4, 0.5) is 0 Å². The molecule has 0 saturated carbocycles. The molecule has 13 heavy (non-hydrogen) atoms. The molecule has 0 aliphatic heterocycles. The van der Waals surface area contributed by atoms with Gasteiger partial charge in [-0.3, -0.25) is 4.79 Å². The summed E-state index contributed by atoms with van der Waals surface area (Å²) in [5, 5.41) is 2.79. The minimum atomic E-state index is -0.132. The predicted molar refractivity (Wildman–Crippen MR) is 47.9 cm³/mol. The fourth-order valence-corrected chi connectivity index (χ4v) is 1.12. The maximum Gasteiger partial charge on any atom is 0.217 e. The van der Waals surface area contributed by atoms with Crippen LogP contribution in [-0.4, -0.2) is 10.9 Å². The first-order chi connectivity index (χ1) is 6.11. The van der Waals surface area contributed by atoms with Gasteiger partial charge in [-0.2, -0.15) is 0 Å². The summed E-state index contributed by atoms with van der Waals surface area (Å²) in [5.74, 6) is 0.754. The van der Waals surface area contributed by atoms with Gasteiger partial charge in [0.1, 0.15) is 12.3 Å². The second-order valence-electron chi connectivity index (χ2n) is 3.29. The number of nitrogens with one attached hydrogen (secondary N) is 1. The highest BCUT2D eigenvalue weighted by Crippen LogP contribution is 2.19. The van der Waals surface area contributed by atoms with E-state index < -0.39 is 0 Å². The molecular formula is C9H14N2O2. The number of aromatic nitrogens is 1. The minimum Gasteiger partial charge on any atom is -0.447 e. The van der Waals surface area contributed by atoms with Gasteiger partial charge in [0.2, 0.25) is 11.8 Å². The first-order valence-electron chi connectivity index (χ1n) is 4.27. The summed E-state index contributed by atoms with van der Waals surface area (Å²) in [5.41, 5.74) is 0. The van der Waals surface area contributed by atoms with Crippen LogP contribution >= 0.6 is 0 Å². The van der Waals surface area contributed by atoms with Crippen LogP contribution in [0.1, 0.15) is 32.7 Å². The molecule has 0 unspecified atom stereocenters. The lowest BCUT2D eigenvalue weighted by molar-refractivity contribution is -0.120. The van der Waals surface area contributed by atoms with Crippen LogP contribution < -0.4 is 5.32 Å². The SMILES string of the molecule is CC(=O)N[C@H](c1ncco1)C(C)C. The van der Waals surface area contributed by atoms with Crippen molar-refractivity contribution in [2.24, 2.45) is 5.92 Å². The van der Waals surface area contributed by atoms with Crippen LogP contribution in [0.3, 0.4) is 0 Å². The zero-order valence-corrected chi connectivity index (χ0v) is 8.07. The van der Waals surface area contributed by atoms with Crippen molar-refractivity contribution in [3.63, 3.8) is 0 Å². The molecule has 0 aliphatic carbocycles. The van der Waals surface area contributed by atoms with Gasteiger partial charge < -0.3 is 9.73 Å². The van der Waals surface area contributed by atoms with E-state index in [1.165, 1.54) is 13.2 Å². The Labute approximate surface area is 77.3 Å². The van der Waals surface area contributed by atoms with E-state index in [2.05, 4.69) is 10.3 Å². The normalized spacial score (nSPS) is 12.9. The number of rotatable bonds is 3. The molecule has 1 N–H and O–H groups in total. The largest absolute Gasteiger partial charge is 0.447 e. The molecule has 0 fully saturated rings. The van der Waals surface area contributed by atoms with Crippen LogP contribution in [0.25, 0.3) is 0 Å². The number of hydrogen-bond donors (Lipinski definition) is 1. The predicted octanol–water partition coefficient (Wildman–Crippen LogP) is 1.51. The average molecular weight is 182 g/mol. The molecule has 0 radical (unpaired) electrons. The molecule has 0 bridgehead atoms. The van der Waals surface area contributed by atoms with E-state index in [-0.39, 0.29) is 17.9 Å². The molecule has 0 aliphatic rings. The van der Waals surface area contributed by atoms with Gasteiger partial charge in [-0.05, 0) is 5.92 Å². The van der Waals surface area contributed by atoms with Gasteiger partial charge in [0.15, 0.2) is 0 Å². The lowest BCUT2D eigenvalue weighted by Crippen LogP contribution is -2.29. The van der Waals surface area contributed by atoms with Crippen LogP contribution in [-0.2, 0) is 4.79 Å². The summed E-state index contributed by atoms with van der Waals surface area (Å²) < 4.78 is 5.13. The highest BCUT2D eigenvalue weighted by molar-refractivity contribution is 5.73. The third-order valence-corrected chi connectivity index (χ3v) is 1.74. The Balaban J connectivity index is 2.74. The fourth-order valence-electron chi connectivity index (χ4n) is 1.12. The lowest BCUT2D eigenvalue weighted by Gasteiger charge is -2.17. The molecule has 1 atom stereocenters. The standard InChI is InChI=1S/C9H14N2O2/c1-6(2)8(11-7(3)12)9-10-4-5-13-9/h4-6,8H,1-3H3,(H,11,12)/t8-/m0/s1. The molecule has 1 heterocycles. The monoisotopic (exact) mass is 182 g/mol. The summed E-state index contributed by atoms with van der Waals surface area (Å²) >= 11 is 0. The second kappa shape index (κ2) is 4.07. The quantitative estimate of drug-likeness (QED) is 0.770. The minimum absolute atomic E-state index is 0.0723. The maximum absolute atomic E-state index is 10.9. The van der Waals surface area contributed by atoms with Crippen LogP contribution in [0.2, 0.25) is 0 Å². The Kier molecular flexibility index (Phi) is 3.06. The van der Waals surface area contributed by atoms with E-state index in [0.29, 0.717) is 5.89 Å². The van der Waals surface area contributed by atoms with Gasteiger partial charge in [-0.1, -0.05) is 13.8 Å². The topological polar surface area (TPSA) is 55.1 Å². The third kappa shape index (κ3) is 2.57. The van der Waals surface area contributed by atoms with Gasteiger partial charge in [0.25, 0.3) is 0 Å². The summed E-state index contributed by atoms with van der Waals surface area (Å²) in [7, 11) is 0. The Morgan fingerprint density at radius 2 is 2.31 bits per heavy atom. The zero-order valence-electron chi connectivity index (χ0n) is 8.07. The summed E-state index contributed by atoms with van der Waals surface area (Å²) in [6.07, 6.45) is 3.08. The first-order valence-corrected chi connectivity index (χ1v) is 4.27. The van der Waals surface area contributed by atoms with E-state index in [0.717, 1.165) is 0 Å². The Morgan fingerprint density at radius 1 is 1.62 bits per heavy atom. The molecule has 0 saturated heterocycles. The van der Waals surface area contributed by atoms with Crippen molar-refractivity contribution in [3.8, 4) is 0 Å². The van der Waals surface area contributed by atoms with Crippen molar-refractivity contribution < 1.29 is 9.21 Å². The van der Waals surface area contributed by atoms with Crippen molar-refractivity contribution >= 4 is 5.91 Å². The molecule has 1 aromatic rings. The van der Waals surface area contributed by atoms with Crippen molar-refractivity contribution in [3.05, 3.63) is 18.4 Å². The van der Waals surface area contributed by atoms with Gasteiger partial charge in [-0.25, -0.2) is 4.98 Å². The van der Waals surface area contributed by atoms with Gasteiger partial charge >= 0.3 is 0 Å². The number of nitrogens with zero attached hydrogens (tertiary/aromatic N) is 1. The summed E-state index contributed by atoms with van der Waals surface area (Å²) in [6.45, 7) is 5.49. The molecule has 4 nitrogen and oxygen atoms in total. The number of carbonyl (C=O) groups is 1. The molecular weight excluding hydrogens is 168 g/mol. The van der Waals surface area contributed by atoms with Crippen LogP contribution in [0.15, 0.2) is 16.9 Å². The van der Waals surface area contributed by atoms with Crippen molar-refractivity contribution in [1.82, 2.24) is 10.3 Å². The highest BCUT2D eigenvalue weighted by atomic mass is 16.3. The van der Waals surface area contributed by atoms with E-state index >= 15 is 0 Å². The second-order valence-corrected chi connectivity index (χ2v) is 3.29. The molecule has 1 rings (SSSR count). The van der Waals surface area contributed by atoms with E-state index in [9.17, 15) is 4.79 Å². The molecule has 1 aromatic heterocycles. The average Bonchev–Trinajstić information content (AvgIpc) is 2.50. The molecule has 0 spiro atoms. The van der Waals surface area contributed by atoms with E-state index in [1.807, 2.05) is 13.8 Å². The first kappa shape index (κ1) is 9.77. The molecule has 0 aromatic carbocycles.